The van der Waals surface area contributed by atoms with Crippen molar-refractivity contribution >= 4 is 13.8 Å². The number of aliphatic hydroxyl groups is 2. The first-order valence-corrected chi connectivity index (χ1v) is 25.3. The van der Waals surface area contributed by atoms with Crippen molar-refractivity contribution in [3.8, 4) is 0 Å². The van der Waals surface area contributed by atoms with E-state index in [1.807, 2.05) is 0 Å². The van der Waals surface area contributed by atoms with Crippen LogP contribution in [0.1, 0.15) is 226 Å². The lowest BCUT2D eigenvalue weighted by atomic mass is 10.0. The number of hydrogen-bond acceptors (Lipinski definition) is 8. The lowest BCUT2D eigenvalue weighted by Crippen LogP contribution is -2.29. The van der Waals surface area contributed by atoms with Gasteiger partial charge >= 0.3 is 13.8 Å². The third kappa shape index (κ3) is 44.3. The van der Waals surface area contributed by atoms with Crippen molar-refractivity contribution in [3.63, 3.8) is 0 Å². The number of carbonyl (C=O) groups excluding carboxylic acids is 1. The zero-order valence-electron chi connectivity index (χ0n) is 37.1. The Labute approximate surface area is 351 Å². The van der Waals surface area contributed by atoms with E-state index in [-0.39, 0.29) is 25.6 Å². The van der Waals surface area contributed by atoms with Crippen molar-refractivity contribution in [1.82, 2.24) is 0 Å². The van der Waals surface area contributed by atoms with Crippen LogP contribution in [0.5, 0.6) is 0 Å². The minimum Gasteiger partial charge on any atom is -0.457 e. The topological polar surface area (TPSA) is 132 Å². The Morgan fingerprint density at radius 3 is 1.35 bits per heavy atom. The van der Waals surface area contributed by atoms with Gasteiger partial charge in [0.1, 0.15) is 12.2 Å². The van der Waals surface area contributed by atoms with Crippen molar-refractivity contribution in [3.05, 3.63) is 24.3 Å². The van der Waals surface area contributed by atoms with E-state index < -0.39 is 33.2 Å². The molecule has 10 heteroatoms. The predicted octanol–water partition coefficient (Wildman–Crippen LogP) is 13.4. The fraction of sp³-hybridized carbons (Fsp3) is 0.894. The van der Waals surface area contributed by atoms with Gasteiger partial charge in [-0.3, -0.25) is 13.8 Å². The number of phosphoric ester groups is 1. The fourth-order valence-corrected chi connectivity index (χ4v) is 7.49. The van der Waals surface area contributed by atoms with E-state index in [1.54, 1.807) is 0 Å². The number of carbonyl (C=O) groups is 1. The molecule has 0 heterocycles. The third-order valence-corrected chi connectivity index (χ3v) is 11.3. The number of hydrogen-bond donors (Lipinski definition) is 3. The van der Waals surface area contributed by atoms with Crippen molar-refractivity contribution in [1.29, 1.82) is 0 Å². The summed E-state index contributed by atoms with van der Waals surface area (Å²) in [5.41, 5.74) is 0. The molecule has 0 aromatic heterocycles. The number of allylic oxidation sites excluding steroid dienone is 4. The first-order chi connectivity index (χ1) is 27.8. The van der Waals surface area contributed by atoms with Gasteiger partial charge in [0, 0.05) is 13.0 Å². The van der Waals surface area contributed by atoms with Crippen LogP contribution in [0.4, 0.5) is 0 Å². The van der Waals surface area contributed by atoms with Crippen LogP contribution in [0.2, 0.25) is 0 Å². The molecule has 0 rings (SSSR count). The SMILES string of the molecule is CCCCC/C=C\CCCCCCCC(=O)OC(COCCCCCCCCCCCCCC/C=C\CCCCCCCCCC)COP(=O)(O)OCC(O)CO. The van der Waals surface area contributed by atoms with Crippen LogP contribution in [0, 0.1) is 0 Å². The van der Waals surface area contributed by atoms with Crippen molar-refractivity contribution in [2.75, 3.05) is 33.0 Å². The van der Waals surface area contributed by atoms with E-state index in [9.17, 15) is 19.4 Å². The van der Waals surface area contributed by atoms with E-state index in [0.717, 1.165) is 57.8 Å². The standard InChI is InChI=1S/C47H91O9P/c1-3-5-7-9-11-13-15-17-18-19-20-21-22-23-24-25-26-27-28-30-32-34-36-38-40-53-43-46(44-55-57(51,52)54-42-45(49)41-48)56-47(50)39-37-35-33-31-29-16-14-12-10-8-6-4-2/h12,14,19-20,45-46,48-49H,3-11,13,15-18,21-44H2,1-2H3,(H,51,52)/b14-12-,20-19-. The molecule has 0 aliphatic rings. The molecule has 0 radical (unpaired) electrons. The van der Waals surface area contributed by atoms with E-state index in [2.05, 4.69) is 38.2 Å². The van der Waals surface area contributed by atoms with Crippen LogP contribution < -0.4 is 0 Å². The summed E-state index contributed by atoms with van der Waals surface area (Å²) in [4.78, 5) is 22.6. The molecule has 9 nitrogen and oxygen atoms in total. The van der Waals surface area contributed by atoms with Gasteiger partial charge < -0.3 is 24.6 Å². The molecule has 3 atom stereocenters. The Bertz CT molecular complexity index is 944. The molecule has 0 spiro atoms. The van der Waals surface area contributed by atoms with Gasteiger partial charge in [-0.15, -0.1) is 0 Å². The molecule has 0 amide bonds. The summed E-state index contributed by atoms with van der Waals surface area (Å²) < 4.78 is 33.4. The molecule has 0 aromatic carbocycles. The summed E-state index contributed by atoms with van der Waals surface area (Å²) in [5.74, 6) is -0.390. The Hall–Kier alpha value is -1.06. The fourth-order valence-electron chi connectivity index (χ4n) is 6.70. The summed E-state index contributed by atoms with van der Waals surface area (Å²) in [6.45, 7) is 3.51. The molecule has 0 bridgehead atoms. The van der Waals surface area contributed by atoms with Crippen LogP contribution >= 0.6 is 7.82 Å². The zero-order valence-corrected chi connectivity index (χ0v) is 38.0. The highest BCUT2D eigenvalue weighted by molar-refractivity contribution is 7.47. The highest BCUT2D eigenvalue weighted by Crippen LogP contribution is 2.43. The maximum absolute atomic E-state index is 12.6. The number of rotatable bonds is 46. The maximum Gasteiger partial charge on any atom is 0.472 e. The normalized spacial score (nSPS) is 14.1. The molecule has 0 aromatic rings. The van der Waals surface area contributed by atoms with E-state index in [0.29, 0.717) is 6.61 Å². The van der Waals surface area contributed by atoms with Gasteiger partial charge in [-0.05, 0) is 64.2 Å². The molecule has 0 aliphatic carbocycles. The first-order valence-electron chi connectivity index (χ1n) is 23.8. The van der Waals surface area contributed by atoms with Gasteiger partial charge in [0.05, 0.1) is 26.4 Å². The summed E-state index contributed by atoms with van der Waals surface area (Å²) in [7, 11) is -4.52. The molecule has 3 unspecified atom stereocenters. The number of ether oxygens (including phenoxy) is 2. The van der Waals surface area contributed by atoms with Crippen molar-refractivity contribution < 1.29 is 43.0 Å². The number of aliphatic hydroxyl groups excluding tert-OH is 2. The lowest BCUT2D eigenvalue weighted by molar-refractivity contribution is -0.154. The van der Waals surface area contributed by atoms with Crippen molar-refractivity contribution in [2.45, 2.75) is 238 Å². The van der Waals surface area contributed by atoms with Gasteiger partial charge in [0.25, 0.3) is 0 Å². The van der Waals surface area contributed by atoms with Gasteiger partial charge in [-0.2, -0.15) is 0 Å². The molecule has 0 fully saturated rings. The van der Waals surface area contributed by atoms with E-state index in [1.165, 1.54) is 148 Å². The Morgan fingerprint density at radius 2 is 0.895 bits per heavy atom. The third-order valence-electron chi connectivity index (χ3n) is 10.4. The number of phosphoric acid groups is 1. The first kappa shape index (κ1) is 55.9. The molecule has 0 aliphatic heterocycles. The predicted molar refractivity (Wildman–Crippen MR) is 238 cm³/mol. The lowest BCUT2D eigenvalue weighted by Gasteiger charge is -2.20. The largest absolute Gasteiger partial charge is 0.472 e. The average molecular weight is 831 g/mol. The second-order valence-corrected chi connectivity index (χ2v) is 17.6. The minimum atomic E-state index is -4.52. The second-order valence-electron chi connectivity index (χ2n) is 16.1. The minimum absolute atomic E-state index is 0.0486. The molecule has 0 saturated heterocycles. The highest BCUT2D eigenvalue weighted by atomic mass is 31.2. The Morgan fingerprint density at radius 1 is 0.526 bits per heavy atom. The summed E-state index contributed by atoms with van der Waals surface area (Å²) in [6, 6.07) is 0. The molecule has 338 valence electrons. The molecular formula is C47H91O9P. The molecule has 3 N–H and O–H groups in total. The van der Waals surface area contributed by atoms with Crippen molar-refractivity contribution in [2.24, 2.45) is 0 Å². The Balaban J connectivity index is 4.00. The highest BCUT2D eigenvalue weighted by Gasteiger charge is 2.26. The second kappa shape index (κ2) is 44.5. The smallest absolute Gasteiger partial charge is 0.457 e. The van der Waals surface area contributed by atoms with Crippen LogP contribution in [-0.2, 0) is 27.9 Å². The molecule has 57 heavy (non-hydrogen) atoms. The average Bonchev–Trinajstić information content (AvgIpc) is 3.20. The van der Waals surface area contributed by atoms with Crippen LogP contribution in [0.3, 0.4) is 0 Å². The van der Waals surface area contributed by atoms with E-state index >= 15 is 0 Å². The maximum atomic E-state index is 12.6. The molecular weight excluding hydrogens is 739 g/mol. The van der Waals surface area contributed by atoms with Gasteiger partial charge in [0.2, 0.25) is 0 Å². The number of unbranched alkanes of at least 4 members (excludes halogenated alkanes) is 28. The monoisotopic (exact) mass is 831 g/mol. The van der Waals surface area contributed by atoms with Crippen LogP contribution in [0.25, 0.3) is 0 Å². The Kier molecular flexibility index (Phi) is 43.7. The summed E-state index contributed by atoms with van der Waals surface area (Å²) >= 11 is 0. The summed E-state index contributed by atoms with van der Waals surface area (Å²) in [6.07, 6.45) is 47.2. The van der Waals surface area contributed by atoms with Gasteiger partial charge in [-0.1, -0.05) is 179 Å². The quantitative estimate of drug-likeness (QED) is 0.0237. The van der Waals surface area contributed by atoms with Crippen LogP contribution in [0.15, 0.2) is 24.3 Å². The molecule has 0 saturated carbocycles. The zero-order chi connectivity index (χ0) is 41.8. The van der Waals surface area contributed by atoms with E-state index in [4.69, 9.17) is 23.6 Å². The van der Waals surface area contributed by atoms with Gasteiger partial charge in [-0.25, -0.2) is 4.57 Å². The number of esters is 1. The van der Waals surface area contributed by atoms with Gasteiger partial charge in [0.15, 0.2) is 0 Å². The summed E-state index contributed by atoms with van der Waals surface area (Å²) in [5, 5.41) is 18.4. The van der Waals surface area contributed by atoms with Crippen LogP contribution in [-0.4, -0.2) is 66.3 Å².